The highest BCUT2D eigenvalue weighted by atomic mass is 19.4. The van der Waals surface area contributed by atoms with E-state index in [4.69, 9.17) is 0 Å². The number of aliphatic hydroxyl groups is 1. The molecule has 2 aliphatic rings. The summed E-state index contributed by atoms with van der Waals surface area (Å²) in [7, 11) is 0. The minimum absolute atomic E-state index is 0.00223. The number of carbonyl (C=O) groups excluding carboxylic acids is 1. The van der Waals surface area contributed by atoms with Crippen LogP contribution in [0.15, 0.2) is 12.2 Å². The van der Waals surface area contributed by atoms with Crippen molar-refractivity contribution in [1.82, 2.24) is 0 Å². The molecule has 32 heavy (non-hydrogen) atoms. The van der Waals surface area contributed by atoms with E-state index in [1.807, 2.05) is 0 Å². The van der Waals surface area contributed by atoms with Crippen molar-refractivity contribution in [2.75, 3.05) is 0 Å². The number of carbonyl (C=O) groups is 1. The third-order valence-corrected chi connectivity index (χ3v) is 5.64. The lowest BCUT2D eigenvalue weighted by atomic mass is 9.67. The van der Waals surface area contributed by atoms with Gasteiger partial charge in [-0.05, 0) is 12.8 Å². The molecule has 1 aliphatic heterocycles. The maximum Gasteiger partial charge on any atom is 0.449 e. The summed E-state index contributed by atoms with van der Waals surface area (Å²) in [6, 6.07) is 0. The molecule has 4 nitrogen and oxygen atoms in total. The summed E-state index contributed by atoms with van der Waals surface area (Å²) in [5.74, 6) is -16.3. The summed E-state index contributed by atoms with van der Waals surface area (Å²) in [4.78, 5) is 12.0. The van der Waals surface area contributed by atoms with E-state index in [0.29, 0.717) is 6.42 Å². The predicted molar refractivity (Wildman–Crippen MR) is 82.1 cm³/mol. The van der Waals surface area contributed by atoms with Crippen LogP contribution in [0, 0.1) is 5.92 Å². The molecule has 2 rings (SSSR count). The van der Waals surface area contributed by atoms with E-state index in [0.717, 1.165) is 0 Å². The summed E-state index contributed by atoms with van der Waals surface area (Å²) in [6.45, 7) is 2.29. The van der Waals surface area contributed by atoms with Crippen LogP contribution in [0.1, 0.15) is 38.5 Å². The van der Waals surface area contributed by atoms with Crippen molar-refractivity contribution < 1.29 is 67.7 Å². The molecular weight excluding hydrogens is 477 g/mol. The molecule has 1 saturated carbocycles. The molecule has 1 N–H and O–H groups in total. The van der Waals surface area contributed by atoms with Crippen LogP contribution in [0.4, 0.5) is 48.3 Å². The van der Waals surface area contributed by atoms with Crippen LogP contribution in [0.25, 0.3) is 0 Å². The average Bonchev–Trinajstić information content (AvgIpc) is 2.62. The fourth-order valence-corrected chi connectivity index (χ4v) is 3.96. The lowest BCUT2D eigenvalue weighted by Gasteiger charge is -2.56. The molecule has 186 valence electrons. The van der Waals surface area contributed by atoms with Gasteiger partial charge in [0.25, 0.3) is 0 Å². The first kappa shape index (κ1) is 26.6. The Morgan fingerprint density at radius 1 is 0.969 bits per heavy atom. The molecule has 0 aromatic carbocycles. The minimum Gasteiger partial charge on any atom is -0.448 e. The first-order valence-corrected chi connectivity index (χ1v) is 9.11. The number of hydrogen-bond acceptors (Lipinski definition) is 4. The van der Waals surface area contributed by atoms with E-state index in [1.54, 1.807) is 0 Å². The molecule has 15 heteroatoms. The fraction of sp³-hybridized carbons (Fsp3) is 0.824. The first-order chi connectivity index (χ1) is 14.2. The Kier molecular flexibility index (Phi) is 6.65. The molecule has 1 heterocycles. The van der Waals surface area contributed by atoms with Crippen molar-refractivity contribution in [3.63, 3.8) is 0 Å². The normalized spacial score (nSPS) is 32.4. The molecule has 2 fully saturated rings. The largest absolute Gasteiger partial charge is 0.449 e. The summed E-state index contributed by atoms with van der Waals surface area (Å²) in [6.07, 6.45) is -24.5. The Morgan fingerprint density at radius 3 is 1.88 bits per heavy atom. The molecule has 0 aromatic rings. The summed E-state index contributed by atoms with van der Waals surface area (Å²) in [5.41, 5.74) is -6.55. The monoisotopic (exact) mass is 494 g/mol. The molecule has 0 aromatic heterocycles. The van der Waals surface area contributed by atoms with Crippen LogP contribution < -0.4 is 0 Å². The van der Waals surface area contributed by atoms with E-state index in [-0.39, 0.29) is 12.8 Å². The number of halogens is 11. The van der Waals surface area contributed by atoms with Gasteiger partial charge >= 0.3 is 36.2 Å². The summed E-state index contributed by atoms with van der Waals surface area (Å²) >= 11 is 0. The third kappa shape index (κ3) is 4.29. The van der Waals surface area contributed by atoms with Gasteiger partial charge in [-0.15, -0.1) is 0 Å². The number of rotatable bonds is 3. The first-order valence-electron chi connectivity index (χ1n) is 9.11. The molecule has 0 amide bonds. The zero-order chi connectivity index (χ0) is 25.0. The highest BCUT2D eigenvalue weighted by Gasteiger charge is 2.85. The second kappa shape index (κ2) is 7.99. The molecule has 1 aliphatic carbocycles. The summed E-state index contributed by atoms with van der Waals surface area (Å²) < 4.78 is 157. The van der Waals surface area contributed by atoms with E-state index >= 15 is 8.78 Å². The Morgan fingerprint density at radius 2 is 1.47 bits per heavy atom. The Labute approximate surface area is 173 Å². The van der Waals surface area contributed by atoms with Gasteiger partial charge in [0.2, 0.25) is 0 Å². The van der Waals surface area contributed by atoms with Crippen molar-refractivity contribution >= 4 is 5.97 Å². The van der Waals surface area contributed by atoms with Crippen LogP contribution in [0.2, 0.25) is 0 Å². The van der Waals surface area contributed by atoms with E-state index in [9.17, 15) is 49.4 Å². The van der Waals surface area contributed by atoms with Crippen LogP contribution >= 0.6 is 0 Å². The summed E-state index contributed by atoms with van der Waals surface area (Å²) in [5, 5.41) is 9.71. The molecule has 3 unspecified atom stereocenters. The van der Waals surface area contributed by atoms with Crippen LogP contribution in [-0.2, 0) is 14.3 Å². The second-order valence-corrected chi connectivity index (χ2v) is 7.66. The quantitative estimate of drug-likeness (QED) is 0.333. The van der Waals surface area contributed by atoms with Crippen molar-refractivity contribution in [2.45, 2.75) is 80.5 Å². The van der Waals surface area contributed by atoms with Gasteiger partial charge in [-0.3, -0.25) is 0 Å². The fourth-order valence-electron chi connectivity index (χ4n) is 3.96. The van der Waals surface area contributed by atoms with Gasteiger partial charge in [0.05, 0.1) is 0 Å². The zero-order valence-electron chi connectivity index (χ0n) is 15.9. The molecular formula is C17H17F11O4. The molecule has 1 saturated heterocycles. The highest BCUT2D eigenvalue weighted by Crippen LogP contribution is 2.61. The van der Waals surface area contributed by atoms with Crippen molar-refractivity contribution in [3.8, 4) is 0 Å². The molecule has 3 atom stereocenters. The lowest BCUT2D eigenvalue weighted by molar-refractivity contribution is -0.501. The SMILES string of the molecule is C=C(C(=O)OC1(C2CCCCC2)CC(C(F)(F)F)OC(O)(C(F)(F)F)C1(F)F)C(F)(F)F. The number of hydrogen-bond donors (Lipinski definition) is 1. The van der Waals surface area contributed by atoms with E-state index < -0.39 is 78.7 Å². The number of esters is 1. The average molecular weight is 494 g/mol. The topological polar surface area (TPSA) is 55.8 Å². The molecule has 0 spiro atoms. The predicted octanol–water partition coefficient (Wildman–Crippen LogP) is 5.20. The third-order valence-electron chi connectivity index (χ3n) is 5.64. The second-order valence-electron chi connectivity index (χ2n) is 7.66. The van der Waals surface area contributed by atoms with Crippen molar-refractivity contribution in [1.29, 1.82) is 0 Å². The van der Waals surface area contributed by atoms with Gasteiger partial charge in [-0.1, -0.05) is 25.8 Å². The van der Waals surface area contributed by atoms with E-state index in [2.05, 4.69) is 16.1 Å². The van der Waals surface area contributed by atoms with Gasteiger partial charge in [-0.25, -0.2) is 4.79 Å². The minimum atomic E-state index is -6.55. The van der Waals surface area contributed by atoms with Gasteiger partial charge < -0.3 is 14.6 Å². The van der Waals surface area contributed by atoms with Crippen molar-refractivity contribution in [3.05, 3.63) is 12.2 Å². The zero-order valence-corrected chi connectivity index (χ0v) is 15.9. The molecule has 0 radical (unpaired) electrons. The maximum absolute atomic E-state index is 15.3. The Balaban J connectivity index is 2.74. The van der Waals surface area contributed by atoms with E-state index in [1.165, 1.54) is 0 Å². The Hall–Kier alpha value is -1.64. The Bertz CT molecular complexity index is 736. The number of ether oxygens (including phenoxy) is 2. The van der Waals surface area contributed by atoms with Gasteiger partial charge in [0.15, 0.2) is 11.7 Å². The van der Waals surface area contributed by atoms with Crippen molar-refractivity contribution in [2.24, 2.45) is 5.92 Å². The smallest absolute Gasteiger partial charge is 0.448 e. The molecule has 0 bridgehead atoms. The van der Waals surface area contributed by atoms with Crippen LogP contribution in [-0.4, -0.2) is 53.0 Å². The van der Waals surface area contributed by atoms with Crippen LogP contribution in [0.3, 0.4) is 0 Å². The number of alkyl halides is 11. The lowest BCUT2D eigenvalue weighted by Crippen LogP contribution is -2.78. The maximum atomic E-state index is 15.3. The highest BCUT2D eigenvalue weighted by molar-refractivity contribution is 5.89. The van der Waals surface area contributed by atoms with Gasteiger partial charge in [0.1, 0.15) is 5.57 Å². The van der Waals surface area contributed by atoms with Gasteiger partial charge in [0, 0.05) is 12.3 Å². The standard InChI is InChI=1S/C17H17F11O4/c1-8(13(18,19)20)11(29)32-12(9-5-3-2-4-6-9)7-10(14(21,22)23)31-16(30,15(12,24)25)17(26,27)28/h9-10,30H,1-7H2. The van der Waals surface area contributed by atoms with Gasteiger partial charge in [-0.2, -0.15) is 48.3 Å². The van der Waals surface area contributed by atoms with Crippen LogP contribution in [0.5, 0.6) is 0 Å².